The summed E-state index contributed by atoms with van der Waals surface area (Å²) in [5.74, 6) is 0.816. The van der Waals surface area contributed by atoms with E-state index in [9.17, 15) is 4.79 Å². The molecule has 1 aliphatic carbocycles. The molecule has 1 aliphatic heterocycles. The van der Waals surface area contributed by atoms with Crippen LogP contribution in [0, 0.1) is 5.92 Å². The predicted octanol–water partition coefficient (Wildman–Crippen LogP) is 1.86. The van der Waals surface area contributed by atoms with Gasteiger partial charge >= 0.3 is 0 Å². The van der Waals surface area contributed by atoms with Crippen molar-refractivity contribution in [3.8, 4) is 0 Å². The summed E-state index contributed by atoms with van der Waals surface area (Å²) in [6, 6.07) is 0. The number of hydrogen-bond acceptors (Lipinski definition) is 3. The molecule has 2 fully saturated rings. The number of rotatable bonds is 4. The molecule has 3 nitrogen and oxygen atoms in total. The van der Waals surface area contributed by atoms with Crippen LogP contribution in [-0.2, 0) is 9.53 Å². The van der Waals surface area contributed by atoms with Gasteiger partial charge in [-0.3, -0.25) is 9.69 Å². The predicted molar refractivity (Wildman–Crippen MR) is 63.4 cm³/mol. The Kier molecular flexibility index (Phi) is 3.65. The Balaban J connectivity index is 2.06. The van der Waals surface area contributed by atoms with E-state index >= 15 is 0 Å². The zero-order valence-electron chi connectivity index (χ0n) is 10.5. The summed E-state index contributed by atoms with van der Waals surface area (Å²) >= 11 is 0. The lowest BCUT2D eigenvalue weighted by atomic mass is 9.73. The van der Waals surface area contributed by atoms with Crippen molar-refractivity contribution < 1.29 is 9.53 Å². The van der Waals surface area contributed by atoms with Gasteiger partial charge < -0.3 is 4.74 Å². The molecular formula is C13H23NO2. The molecule has 0 amide bonds. The van der Waals surface area contributed by atoms with Gasteiger partial charge in [0.15, 0.2) is 5.78 Å². The van der Waals surface area contributed by atoms with Crippen LogP contribution in [-0.4, -0.2) is 42.5 Å². The van der Waals surface area contributed by atoms with E-state index in [0.717, 1.165) is 45.6 Å². The van der Waals surface area contributed by atoms with Gasteiger partial charge in [-0.1, -0.05) is 13.3 Å². The van der Waals surface area contributed by atoms with Gasteiger partial charge in [-0.25, -0.2) is 0 Å². The maximum atomic E-state index is 12.5. The van der Waals surface area contributed by atoms with Crippen molar-refractivity contribution in [3.63, 3.8) is 0 Å². The van der Waals surface area contributed by atoms with E-state index in [1.807, 2.05) is 0 Å². The van der Waals surface area contributed by atoms with Crippen LogP contribution in [0.3, 0.4) is 0 Å². The minimum absolute atomic E-state index is 0.241. The number of ether oxygens (including phenoxy) is 1. The smallest absolute Gasteiger partial charge is 0.155 e. The highest BCUT2D eigenvalue weighted by Gasteiger charge is 2.43. The summed E-state index contributed by atoms with van der Waals surface area (Å²) in [5.41, 5.74) is -0.241. The largest absolute Gasteiger partial charge is 0.379 e. The molecule has 0 aromatic heterocycles. The first kappa shape index (κ1) is 12.1. The fourth-order valence-corrected chi connectivity index (χ4v) is 2.72. The lowest BCUT2D eigenvalue weighted by Crippen LogP contribution is -2.58. The van der Waals surface area contributed by atoms with E-state index in [2.05, 4.69) is 18.7 Å². The lowest BCUT2D eigenvalue weighted by Gasteiger charge is -2.44. The number of carbonyl (C=O) groups excluding carboxylic acids is 1. The molecule has 16 heavy (non-hydrogen) atoms. The average molecular weight is 225 g/mol. The standard InChI is InChI=1S/C13H23NO2/c1-3-13(2,12(15)11-5-4-6-11)14-7-9-16-10-8-14/h11H,3-10H2,1-2H3. The quantitative estimate of drug-likeness (QED) is 0.731. The Morgan fingerprint density at radius 2 is 2.00 bits per heavy atom. The third kappa shape index (κ3) is 2.03. The molecule has 1 saturated heterocycles. The normalized spacial score (nSPS) is 27.1. The minimum Gasteiger partial charge on any atom is -0.379 e. The average Bonchev–Trinajstić information content (AvgIpc) is 2.27. The lowest BCUT2D eigenvalue weighted by molar-refractivity contribution is -0.140. The first-order valence-electron chi connectivity index (χ1n) is 6.55. The van der Waals surface area contributed by atoms with E-state index < -0.39 is 0 Å². The van der Waals surface area contributed by atoms with Crippen molar-refractivity contribution in [2.45, 2.75) is 45.1 Å². The van der Waals surface area contributed by atoms with Crippen molar-refractivity contribution in [1.29, 1.82) is 0 Å². The van der Waals surface area contributed by atoms with E-state index in [-0.39, 0.29) is 5.54 Å². The van der Waals surface area contributed by atoms with Crippen LogP contribution < -0.4 is 0 Å². The summed E-state index contributed by atoms with van der Waals surface area (Å²) in [4.78, 5) is 14.8. The number of ketones is 1. The third-order valence-corrected chi connectivity index (χ3v) is 4.40. The van der Waals surface area contributed by atoms with Crippen LogP contribution in [0.25, 0.3) is 0 Å². The van der Waals surface area contributed by atoms with Gasteiger partial charge in [0.1, 0.15) is 0 Å². The van der Waals surface area contributed by atoms with E-state index in [4.69, 9.17) is 4.74 Å². The molecule has 1 heterocycles. The molecule has 0 radical (unpaired) electrons. The number of Topliss-reactive ketones (excluding diaryl/α,β-unsaturated/α-hetero) is 1. The third-order valence-electron chi connectivity index (χ3n) is 4.40. The minimum atomic E-state index is -0.241. The molecule has 0 aromatic carbocycles. The monoisotopic (exact) mass is 225 g/mol. The molecule has 1 unspecified atom stereocenters. The molecular weight excluding hydrogens is 202 g/mol. The Morgan fingerprint density at radius 3 is 2.44 bits per heavy atom. The maximum absolute atomic E-state index is 12.5. The first-order valence-corrected chi connectivity index (χ1v) is 6.55. The SMILES string of the molecule is CCC(C)(C(=O)C1CCC1)N1CCOCC1. The number of hydrogen-bond donors (Lipinski definition) is 0. The molecule has 1 atom stereocenters. The van der Waals surface area contributed by atoms with E-state index in [1.54, 1.807) is 0 Å². The van der Waals surface area contributed by atoms with E-state index in [1.165, 1.54) is 6.42 Å². The maximum Gasteiger partial charge on any atom is 0.155 e. The second kappa shape index (κ2) is 4.84. The van der Waals surface area contributed by atoms with Crippen LogP contribution in [0.2, 0.25) is 0 Å². The zero-order chi connectivity index (χ0) is 11.6. The Morgan fingerprint density at radius 1 is 1.38 bits per heavy atom. The number of nitrogens with zero attached hydrogens (tertiary/aromatic N) is 1. The van der Waals surface area contributed by atoms with Gasteiger partial charge in [0.2, 0.25) is 0 Å². The topological polar surface area (TPSA) is 29.5 Å². The van der Waals surface area contributed by atoms with Crippen LogP contribution in [0.5, 0.6) is 0 Å². The summed E-state index contributed by atoms with van der Waals surface area (Å²) in [5, 5.41) is 0. The highest BCUT2D eigenvalue weighted by Crippen LogP contribution is 2.34. The van der Waals surface area contributed by atoms with Crippen LogP contribution in [0.15, 0.2) is 0 Å². The molecule has 3 heteroatoms. The highest BCUT2D eigenvalue weighted by atomic mass is 16.5. The fraction of sp³-hybridized carbons (Fsp3) is 0.923. The fourth-order valence-electron chi connectivity index (χ4n) is 2.72. The Labute approximate surface area is 98.1 Å². The van der Waals surface area contributed by atoms with Crippen molar-refractivity contribution >= 4 is 5.78 Å². The molecule has 2 rings (SSSR count). The van der Waals surface area contributed by atoms with Gasteiger partial charge in [0, 0.05) is 19.0 Å². The van der Waals surface area contributed by atoms with Gasteiger partial charge in [0.05, 0.1) is 18.8 Å². The highest BCUT2D eigenvalue weighted by molar-refractivity contribution is 5.90. The van der Waals surface area contributed by atoms with E-state index in [0.29, 0.717) is 11.7 Å². The van der Waals surface area contributed by atoms with Crippen LogP contribution in [0.1, 0.15) is 39.5 Å². The number of morpholine rings is 1. The number of carbonyl (C=O) groups is 1. The molecule has 0 spiro atoms. The second-order valence-electron chi connectivity index (χ2n) is 5.22. The molecule has 0 bridgehead atoms. The molecule has 1 saturated carbocycles. The molecule has 92 valence electrons. The Hall–Kier alpha value is -0.410. The summed E-state index contributed by atoms with van der Waals surface area (Å²) in [6.07, 6.45) is 4.37. The second-order valence-corrected chi connectivity index (χ2v) is 5.22. The summed E-state index contributed by atoms with van der Waals surface area (Å²) in [7, 11) is 0. The summed E-state index contributed by atoms with van der Waals surface area (Å²) in [6.45, 7) is 7.61. The van der Waals surface area contributed by atoms with Gasteiger partial charge in [0.25, 0.3) is 0 Å². The molecule has 2 aliphatic rings. The Bertz CT molecular complexity index is 257. The summed E-state index contributed by atoms with van der Waals surface area (Å²) < 4.78 is 5.37. The molecule has 0 aromatic rings. The van der Waals surface area contributed by atoms with Crippen LogP contribution in [0.4, 0.5) is 0 Å². The van der Waals surface area contributed by atoms with Crippen molar-refractivity contribution in [1.82, 2.24) is 4.90 Å². The van der Waals surface area contributed by atoms with Gasteiger partial charge in [-0.15, -0.1) is 0 Å². The molecule has 0 N–H and O–H groups in total. The van der Waals surface area contributed by atoms with Crippen LogP contribution >= 0.6 is 0 Å². The van der Waals surface area contributed by atoms with Crippen molar-refractivity contribution in [2.75, 3.05) is 26.3 Å². The van der Waals surface area contributed by atoms with Crippen molar-refractivity contribution in [3.05, 3.63) is 0 Å². The van der Waals surface area contributed by atoms with Gasteiger partial charge in [-0.05, 0) is 26.2 Å². The zero-order valence-corrected chi connectivity index (χ0v) is 10.5. The van der Waals surface area contributed by atoms with Crippen molar-refractivity contribution in [2.24, 2.45) is 5.92 Å². The first-order chi connectivity index (χ1) is 7.68. The van der Waals surface area contributed by atoms with Gasteiger partial charge in [-0.2, -0.15) is 0 Å².